The fourth-order valence-corrected chi connectivity index (χ4v) is 2.06. The number of methoxy groups -OCH3 is 1. The highest BCUT2D eigenvalue weighted by Gasteiger charge is 2.27. The van der Waals surface area contributed by atoms with Gasteiger partial charge in [-0.1, -0.05) is 0 Å². The van der Waals surface area contributed by atoms with Gasteiger partial charge in [0.05, 0.1) is 12.2 Å². The molecule has 0 atom stereocenters. The Hall–Kier alpha value is -1.82. The van der Waals surface area contributed by atoms with Gasteiger partial charge in [-0.15, -0.1) is 0 Å². The van der Waals surface area contributed by atoms with Crippen LogP contribution in [0.25, 0.3) is 0 Å². The molecule has 110 valence electrons. The van der Waals surface area contributed by atoms with Crippen LogP contribution in [-0.2, 0) is 9.47 Å². The first kappa shape index (κ1) is 14.6. The van der Waals surface area contributed by atoms with E-state index in [9.17, 15) is 9.59 Å². The van der Waals surface area contributed by atoms with E-state index in [2.05, 4.69) is 10.3 Å². The third-order valence-corrected chi connectivity index (χ3v) is 3.30. The molecule has 1 aromatic heterocycles. The quantitative estimate of drug-likeness (QED) is 0.608. The second-order valence-electron chi connectivity index (χ2n) is 5.00. The van der Waals surface area contributed by atoms with Gasteiger partial charge in [0, 0.05) is 18.8 Å². The molecule has 2 rings (SSSR count). The van der Waals surface area contributed by atoms with E-state index in [0.29, 0.717) is 29.1 Å². The first-order chi connectivity index (χ1) is 9.54. The Morgan fingerprint density at radius 2 is 2.00 bits per heavy atom. The molecule has 0 saturated heterocycles. The lowest BCUT2D eigenvalue weighted by molar-refractivity contribution is 0.0387. The molecule has 1 heterocycles. The summed E-state index contributed by atoms with van der Waals surface area (Å²) in [4.78, 5) is 27.0. The Morgan fingerprint density at radius 1 is 1.30 bits per heavy atom. The standard InChI is InChI=1S/C14H20N2O4/c1-8-11(14(18)20-7-6-19-3)9(2)15-12(8)13(17)16-10-4-5-10/h10,15H,4-7H2,1-3H3,(H,16,17). The fourth-order valence-electron chi connectivity index (χ4n) is 2.06. The second-order valence-corrected chi connectivity index (χ2v) is 5.00. The van der Waals surface area contributed by atoms with Crippen molar-refractivity contribution in [1.29, 1.82) is 0 Å². The van der Waals surface area contributed by atoms with E-state index in [0.717, 1.165) is 12.8 Å². The van der Waals surface area contributed by atoms with Crippen molar-refractivity contribution < 1.29 is 19.1 Å². The van der Waals surface area contributed by atoms with Gasteiger partial charge in [-0.2, -0.15) is 0 Å². The summed E-state index contributed by atoms with van der Waals surface area (Å²) in [7, 11) is 1.54. The number of H-pyrrole nitrogens is 1. The maximum Gasteiger partial charge on any atom is 0.340 e. The normalized spacial score (nSPS) is 14.2. The molecule has 0 spiro atoms. The lowest BCUT2D eigenvalue weighted by Crippen LogP contribution is -2.26. The molecule has 1 aromatic rings. The average molecular weight is 280 g/mol. The number of ether oxygens (including phenoxy) is 2. The number of carbonyl (C=O) groups is 2. The summed E-state index contributed by atoms with van der Waals surface area (Å²) in [5, 5.41) is 2.90. The van der Waals surface area contributed by atoms with Crippen molar-refractivity contribution in [3.8, 4) is 0 Å². The van der Waals surface area contributed by atoms with Gasteiger partial charge in [0.1, 0.15) is 12.3 Å². The number of esters is 1. The fraction of sp³-hybridized carbons (Fsp3) is 0.571. The predicted octanol–water partition coefficient (Wildman–Crippen LogP) is 1.33. The third kappa shape index (κ3) is 3.19. The Morgan fingerprint density at radius 3 is 2.60 bits per heavy atom. The van der Waals surface area contributed by atoms with E-state index >= 15 is 0 Å². The molecule has 0 aliphatic heterocycles. The van der Waals surface area contributed by atoms with Crippen LogP contribution in [0.5, 0.6) is 0 Å². The molecule has 1 saturated carbocycles. The molecule has 0 unspecified atom stereocenters. The number of nitrogens with one attached hydrogen (secondary N) is 2. The van der Waals surface area contributed by atoms with Gasteiger partial charge in [0.25, 0.3) is 5.91 Å². The highest BCUT2D eigenvalue weighted by molar-refractivity contribution is 6.00. The van der Waals surface area contributed by atoms with Gasteiger partial charge in [-0.3, -0.25) is 4.79 Å². The van der Waals surface area contributed by atoms with Crippen LogP contribution >= 0.6 is 0 Å². The van der Waals surface area contributed by atoms with E-state index < -0.39 is 5.97 Å². The van der Waals surface area contributed by atoms with Crippen molar-refractivity contribution in [2.45, 2.75) is 32.7 Å². The van der Waals surface area contributed by atoms with Crippen LogP contribution in [-0.4, -0.2) is 43.2 Å². The summed E-state index contributed by atoms with van der Waals surface area (Å²) >= 11 is 0. The molecule has 0 radical (unpaired) electrons. The minimum absolute atomic E-state index is 0.163. The summed E-state index contributed by atoms with van der Waals surface area (Å²) in [5.74, 6) is -0.595. The number of hydrogen-bond acceptors (Lipinski definition) is 4. The lowest BCUT2D eigenvalue weighted by Gasteiger charge is -2.05. The SMILES string of the molecule is COCCOC(=O)c1c(C)[nH]c(C(=O)NC2CC2)c1C. The second kappa shape index (κ2) is 6.09. The van der Waals surface area contributed by atoms with Gasteiger partial charge in [-0.25, -0.2) is 4.79 Å². The van der Waals surface area contributed by atoms with Crippen molar-refractivity contribution in [2.24, 2.45) is 0 Å². The number of aromatic amines is 1. The number of amides is 1. The van der Waals surface area contributed by atoms with Crippen LogP contribution in [0.3, 0.4) is 0 Å². The molecular weight excluding hydrogens is 260 g/mol. The largest absolute Gasteiger partial charge is 0.460 e. The molecule has 1 aliphatic rings. The minimum atomic E-state index is -0.432. The zero-order valence-electron chi connectivity index (χ0n) is 12.0. The summed E-state index contributed by atoms with van der Waals surface area (Å²) in [5.41, 5.74) is 2.14. The van der Waals surface area contributed by atoms with Crippen molar-refractivity contribution in [1.82, 2.24) is 10.3 Å². The Labute approximate surface area is 117 Å². The van der Waals surface area contributed by atoms with E-state index in [4.69, 9.17) is 9.47 Å². The van der Waals surface area contributed by atoms with E-state index in [1.54, 1.807) is 21.0 Å². The van der Waals surface area contributed by atoms with E-state index in [1.165, 1.54) is 0 Å². The lowest BCUT2D eigenvalue weighted by atomic mass is 10.1. The van der Waals surface area contributed by atoms with Gasteiger partial charge < -0.3 is 19.8 Å². The molecule has 2 N–H and O–H groups in total. The summed E-state index contributed by atoms with van der Waals surface area (Å²) in [6.07, 6.45) is 2.05. The third-order valence-electron chi connectivity index (χ3n) is 3.30. The van der Waals surface area contributed by atoms with Crippen molar-refractivity contribution >= 4 is 11.9 Å². The van der Waals surface area contributed by atoms with Crippen LogP contribution in [0.1, 0.15) is 44.9 Å². The molecule has 20 heavy (non-hydrogen) atoms. The molecule has 1 aliphatic carbocycles. The zero-order chi connectivity index (χ0) is 14.7. The number of carbonyl (C=O) groups excluding carboxylic acids is 2. The zero-order valence-corrected chi connectivity index (χ0v) is 12.0. The van der Waals surface area contributed by atoms with Crippen molar-refractivity contribution in [2.75, 3.05) is 20.3 Å². The molecule has 0 aromatic carbocycles. The van der Waals surface area contributed by atoms with E-state index in [1.807, 2.05) is 0 Å². The van der Waals surface area contributed by atoms with Crippen LogP contribution < -0.4 is 5.32 Å². The minimum Gasteiger partial charge on any atom is -0.460 e. The Balaban J connectivity index is 2.10. The smallest absolute Gasteiger partial charge is 0.340 e. The number of aryl methyl sites for hydroxylation is 1. The molecule has 1 amide bonds. The first-order valence-corrected chi connectivity index (χ1v) is 6.70. The maximum absolute atomic E-state index is 12.0. The van der Waals surface area contributed by atoms with Gasteiger partial charge in [-0.05, 0) is 32.3 Å². The average Bonchev–Trinajstić information content (AvgIpc) is 3.14. The van der Waals surface area contributed by atoms with Crippen LogP contribution in [0.2, 0.25) is 0 Å². The number of hydrogen-bond donors (Lipinski definition) is 2. The maximum atomic E-state index is 12.0. The summed E-state index contributed by atoms with van der Waals surface area (Å²) in [6.45, 7) is 4.05. The van der Waals surface area contributed by atoms with E-state index in [-0.39, 0.29) is 18.6 Å². The van der Waals surface area contributed by atoms with Crippen molar-refractivity contribution in [3.63, 3.8) is 0 Å². The number of rotatable bonds is 6. The topological polar surface area (TPSA) is 80.4 Å². The van der Waals surface area contributed by atoms with Crippen LogP contribution in [0.4, 0.5) is 0 Å². The highest BCUT2D eigenvalue weighted by Crippen LogP contribution is 2.22. The van der Waals surface area contributed by atoms with Gasteiger partial charge in [0.2, 0.25) is 0 Å². The van der Waals surface area contributed by atoms with Gasteiger partial charge >= 0.3 is 5.97 Å². The molecule has 1 fully saturated rings. The molecule has 6 heteroatoms. The number of aromatic nitrogens is 1. The molecule has 6 nitrogen and oxygen atoms in total. The monoisotopic (exact) mass is 280 g/mol. The van der Waals surface area contributed by atoms with Crippen LogP contribution in [0, 0.1) is 13.8 Å². The van der Waals surface area contributed by atoms with Crippen molar-refractivity contribution in [3.05, 3.63) is 22.5 Å². The Bertz CT molecular complexity index is 517. The summed E-state index contributed by atoms with van der Waals surface area (Å²) < 4.78 is 9.93. The first-order valence-electron chi connectivity index (χ1n) is 6.70. The molecular formula is C14H20N2O4. The summed E-state index contributed by atoms with van der Waals surface area (Å²) in [6, 6.07) is 0.280. The highest BCUT2D eigenvalue weighted by atomic mass is 16.6. The Kier molecular flexibility index (Phi) is 4.44. The molecule has 0 bridgehead atoms. The van der Waals surface area contributed by atoms with Gasteiger partial charge in [0.15, 0.2) is 0 Å². The van der Waals surface area contributed by atoms with Crippen LogP contribution in [0.15, 0.2) is 0 Å². The predicted molar refractivity (Wildman–Crippen MR) is 72.9 cm³/mol.